The Morgan fingerprint density at radius 1 is 0.508 bits per heavy atom. The highest BCUT2D eigenvalue weighted by molar-refractivity contribution is 7.47. The van der Waals surface area contributed by atoms with Gasteiger partial charge in [0.15, 0.2) is 0 Å². The first-order valence-electron chi connectivity index (χ1n) is 28.6. The number of quaternary nitrogens is 1. The second-order valence-corrected chi connectivity index (χ2v) is 22.5. The molecule has 0 aromatic heterocycles. The van der Waals surface area contributed by atoms with Gasteiger partial charge in [0.05, 0.1) is 39.9 Å². The summed E-state index contributed by atoms with van der Waals surface area (Å²) in [5, 5.41) is 14.1. The molecule has 0 aromatic carbocycles. The number of carbonyl (C=O) groups excluding carboxylic acids is 1. The van der Waals surface area contributed by atoms with Crippen molar-refractivity contribution in [3.63, 3.8) is 0 Å². The number of nitrogens with zero attached hydrogens (tertiary/aromatic N) is 1. The van der Waals surface area contributed by atoms with Crippen LogP contribution in [0.25, 0.3) is 0 Å². The molecule has 0 fully saturated rings. The average Bonchev–Trinajstić information content (AvgIpc) is 3.26. The van der Waals surface area contributed by atoms with Crippen LogP contribution in [-0.2, 0) is 18.4 Å². The minimum absolute atomic E-state index is 0.0762. The van der Waals surface area contributed by atoms with Crippen LogP contribution in [0.3, 0.4) is 0 Å². The Labute approximate surface area is 405 Å². The van der Waals surface area contributed by atoms with E-state index in [9.17, 15) is 19.4 Å². The molecule has 0 aliphatic heterocycles. The van der Waals surface area contributed by atoms with Gasteiger partial charge in [-0.25, -0.2) is 4.57 Å². The fourth-order valence-electron chi connectivity index (χ4n) is 8.75. The Kier molecular flexibility index (Phi) is 47.7. The lowest BCUT2D eigenvalue weighted by Crippen LogP contribution is -2.46. The fourth-order valence-corrected chi connectivity index (χ4v) is 9.49. The van der Waals surface area contributed by atoms with E-state index < -0.39 is 20.0 Å². The van der Waals surface area contributed by atoms with Gasteiger partial charge in [-0.2, -0.15) is 0 Å². The lowest BCUT2D eigenvalue weighted by molar-refractivity contribution is -0.870. The summed E-state index contributed by atoms with van der Waals surface area (Å²) in [6.45, 7) is 4.93. The van der Waals surface area contributed by atoms with Crippen LogP contribution >= 0.6 is 7.82 Å². The maximum Gasteiger partial charge on any atom is 0.472 e. The number of carbonyl (C=O) groups is 1. The zero-order valence-corrected chi connectivity index (χ0v) is 45.2. The van der Waals surface area contributed by atoms with Crippen LogP contribution in [-0.4, -0.2) is 73.4 Å². The van der Waals surface area contributed by atoms with Gasteiger partial charge < -0.3 is 19.8 Å². The lowest BCUT2D eigenvalue weighted by atomic mass is 10.0. The number of aliphatic hydroxyl groups is 1. The monoisotopic (exact) mass is 942 g/mol. The minimum atomic E-state index is -4.32. The van der Waals surface area contributed by atoms with Crippen LogP contribution in [0.15, 0.2) is 12.2 Å². The van der Waals surface area contributed by atoms with E-state index in [1.807, 2.05) is 21.1 Å². The summed E-state index contributed by atoms with van der Waals surface area (Å²) in [6.07, 6.45) is 58.3. The Bertz CT molecular complexity index is 1070. The first kappa shape index (κ1) is 64.2. The highest BCUT2D eigenvalue weighted by atomic mass is 31.2. The molecule has 0 spiro atoms. The number of phosphoric ester groups is 1. The van der Waals surface area contributed by atoms with Crippen LogP contribution < -0.4 is 5.32 Å². The van der Waals surface area contributed by atoms with Crippen LogP contribution in [0.5, 0.6) is 0 Å². The van der Waals surface area contributed by atoms with E-state index in [-0.39, 0.29) is 19.1 Å². The van der Waals surface area contributed by atoms with Crippen molar-refractivity contribution in [2.45, 2.75) is 302 Å². The SMILES string of the molecule is CCCCCCCCCCCCCC/C=C\CCCCCCCCCC(=O)NC(COP(=O)(O)OCC[N+](C)(C)C)C(O)CCCCCCCCCCCCCCCCCCCCCC. The van der Waals surface area contributed by atoms with Crippen molar-refractivity contribution in [2.75, 3.05) is 40.9 Å². The van der Waals surface area contributed by atoms with E-state index in [1.165, 1.54) is 225 Å². The number of rotatable bonds is 53. The zero-order valence-electron chi connectivity index (χ0n) is 44.3. The van der Waals surface area contributed by atoms with Gasteiger partial charge in [0.25, 0.3) is 0 Å². The molecule has 9 heteroatoms. The molecule has 0 bridgehead atoms. The topological polar surface area (TPSA) is 105 Å². The molecule has 0 aromatic rings. The number of nitrogens with one attached hydrogen (secondary N) is 1. The molecular formula is C56H114N2O6P+. The van der Waals surface area contributed by atoms with Crippen molar-refractivity contribution in [3.8, 4) is 0 Å². The highest BCUT2D eigenvalue weighted by Gasteiger charge is 2.28. The van der Waals surface area contributed by atoms with Gasteiger partial charge in [0, 0.05) is 6.42 Å². The molecular weight excluding hydrogens is 828 g/mol. The van der Waals surface area contributed by atoms with Crippen LogP contribution in [0.4, 0.5) is 0 Å². The molecule has 0 heterocycles. The molecule has 0 aliphatic carbocycles. The first-order chi connectivity index (χ1) is 31.5. The molecule has 3 N–H and O–H groups in total. The van der Waals surface area contributed by atoms with Gasteiger partial charge in [-0.1, -0.05) is 257 Å². The highest BCUT2D eigenvalue weighted by Crippen LogP contribution is 2.43. The van der Waals surface area contributed by atoms with Crippen LogP contribution in [0.1, 0.15) is 290 Å². The van der Waals surface area contributed by atoms with Gasteiger partial charge >= 0.3 is 7.82 Å². The molecule has 0 rings (SSSR count). The number of hydrogen-bond donors (Lipinski definition) is 3. The Morgan fingerprint density at radius 2 is 0.831 bits per heavy atom. The Balaban J connectivity index is 4.17. The predicted octanol–water partition coefficient (Wildman–Crippen LogP) is 17.0. The predicted molar refractivity (Wildman–Crippen MR) is 282 cm³/mol. The van der Waals surface area contributed by atoms with E-state index in [0.29, 0.717) is 23.9 Å². The summed E-state index contributed by atoms with van der Waals surface area (Å²) in [4.78, 5) is 23.3. The van der Waals surface area contributed by atoms with Gasteiger partial charge in [0.2, 0.25) is 5.91 Å². The third-order valence-electron chi connectivity index (χ3n) is 13.3. The first-order valence-corrected chi connectivity index (χ1v) is 30.0. The van der Waals surface area contributed by atoms with Crippen molar-refractivity contribution >= 4 is 13.7 Å². The summed E-state index contributed by atoms with van der Waals surface area (Å²) in [6, 6.07) is -0.760. The van der Waals surface area contributed by atoms with Gasteiger partial charge in [0.1, 0.15) is 13.2 Å². The molecule has 3 atom stereocenters. The molecule has 388 valence electrons. The summed E-state index contributed by atoms with van der Waals surface area (Å²) in [5.41, 5.74) is 0. The number of aliphatic hydroxyl groups excluding tert-OH is 1. The smallest absolute Gasteiger partial charge is 0.391 e. The summed E-state index contributed by atoms with van der Waals surface area (Å²) < 4.78 is 23.8. The molecule has 65 heavy (non-hydrogen) atoms. The Hall–Kier alpha value is -0.760. The third kappa shape index (κ3) is 50.9. The van der Waals surface area contributed by atoms with Crippen molar-refractivity contribution < 1.29 is 32.9 Å². The molecule has 1 amide bonds. The van der Waals surface area contributed by atoms with Crippen molar-refractivity contribution in [3.05, 3.63) is 12.2 Å². The maximum absolute atomic E-state index is 13.0. The number of unbranched alkanes of at least 4 members (excludes halogenated alkanes) is 38. The normalized spacial score (nSPS) is 14.0. The number of phosphoric acid groups is 1. The maximum atomic E-state index is 13.0. The van der Waals surface area contributed by atoms with E-state index in [1.54, 1.807) is 0 Å². The average molecular weight is 943 g/mol. The standard InChI is InChI=1S/C56H113N2O6P/c1-6-8-10-12-14-16-18-20-22-24-26-28-29-30-32-34-36-38-40-42-44-46-48-50-56(60)57-54(53-64-65(61,62)63-52-51-58(3,4)5)55(59)49-47-45-43-41-39-37-35-33-31-27-25-23-21-19-17-15-13-11-9-7-2/h30,32,54-55,59H,6-29,31,33-53H2,1-5H3,(H-,57,60,61,62)/p+1/b32-30-. The van der Waals surface area contributed by atoms with Gasteiger partial charge in [-0.15, -0.1) is 0 Å². The fraction of sp³-hybridized carbons (Fsp3) is 0.946. The summed E-state index contributed by atoms with van der Waals surface area (Å²) in [7, 11) is 1.63. The van der Waals surface area contributed by atoms with Crippen molar-refractivity contribution in [1.82, 2.24) is 5.32 Å². The van der Waals surface area contributed by atoms with Gasteiger partial charge in [-0.3, -0.25) is 13.8 Å². The van der Waals surface area contributed by atoms with Crippen molar-refractivity contribution in [2.24, 2.45) is 0 Å². The van der Waals surface area contributed by atoms with E-state index in [4.69, 9.17) is 9.05 Å². The third-order valence-corrected chi connectivity index (χ3v) is 14.2. The number of likely N-dealkylation sites (N-methyl/N-ethyl adjacent to an activating group) is 1. The van der Waals surface area contributed by atoms with Crippen LogP contribution in [0, 0.1) is 0 Å². The largest absolute Gasteiger partial charge is 0.472 e. The molecule has 0 saturated carbocycles. The number of amides is 1. The van der Waals surface area contributed by atoms with E-state index >= 15 is 0 Å². The molecule has 8 nitrogen and oxygen atoms in total. The van der Waals surface area contributed by atoms with Gasteiger partial charge in [-0.05, 0) is 38.5 Å². The van der Waals surface area contributed by atoms with Crippen molar-refractivity contribution in [1.29, 1.82) is 0 Å². The summed E-state index contributed by atoms with van der Waals surface area (Å²) >= 11 is 0. The number of allylic oxidation sites excluding steroid dienone is 2. The summed E-state index contributed by atoms with van der Waals surface area (Å²) in [5.74, 6) is -0.143. The molecule has 0 aliphatic rings. The molecule has 0 radical (unpaired) electrons. The lowest BCUT2D eigenvalue weighted by Gasteiger charge is -2.26. The Morgan fingerprint density at radius 3 is 1.18 bits per heavy atom. The second-order valence-electron chi connectivity index (χ2n) is 21.0. The second kappa shape index (κ2) is 48.3. The van der Waals surface area contributed by atoms with E-state index in [2.05, 4.69) is 31.3 Å². The zero-order chi connectivity index (χ0) is 47.8. The molecule has 3 unspecified atom stereocenters. The van der Waals surface area contributed by atoms with Crippen LogP contribution in [0.2, 0.25) is 0 Å². The quantitative estimate of drug-likeness (QED) is 0.0243. The molecule has 0 saturated heterocycles. The minimum Gasteiger partial charge on any atom is -0.391 e. The van der Waals surface area contributed by atoms with E-state index in [0.717, 1.165) is 38.5 Å². The number of hydrogen-bond acceptors (Lipinski definition) is 5.